The smallest absolute Gasteiger partial charge is 0.122 e. The van der Waals surface area contributed by atoms with Crippen LogP contribution in [0.5, 0.6) is 5.75 Å². The van der Waals surface area contributed by atoms with Gasteiger partial charge in [0.2, 0.25) is 0 Å². The highest BCUT2D eigenvalue weighted by atomic mass is 16.5. The normalized spacial score (nSPS) is 12.3. The molecule has 0 saturated heterocycles. The molecule has 124 valence electrons. The Hall–Kier alpha value is -1.76. The number of aryl methyl sites for hydroxylation is 1. The van der Waals surface area contributed by atoms with Crippen molar-refractivity contribution in [2.75, 3.05) is 7.11 Å². The molecule has 2 aromatic carbocycles. The van der Waals surface area contributed by atoms with E-state index in [1.165, 1.54) is 22.3 Å². The van der Waals surface area contributed by atoms with Gasteiger partial charge < -0.3 is 4.74 Å². The summed E-state index contributed by atoms with van der Waals surface area (Å²) in [5.74, 6) is 0.973. The molecule has 1 heteroatoms. The molecule has 0 aromatic heterocycles. The molecule has 0 N–H and O–H groups in total. The molecule has 0 saturated carbocycles. The zero-order chi connectivity index (χ0) is 17.3. The second kappa shape index (κ2) is 6.39. The lowest BCUT2D eigenvalue weighted by atomic mass is 9.77. The monoisotopic (exact) mass is 310 g/mol. The zero-order valence-electron chi connectivity index (χ0n) is 15.7. The van der Waals surface area contributed by atoms with Gasteiger partial charge in [0.1, 0.15) is 5.75 Å². The average molecular weight is 310 g/mol. The molecule has 0 fully saturated rings. The Morgan fingerprint density at radius 3 is 2.09 bits per heavy atom. The molecule has 0 bridgehead atoms. The lowest BCUT2D eigenvalue weighted by Crippen LogP contribution is -2.22. The number of para-hydroxylation sites is 1. The van der Waals surface area contributed by atoms with Gasteiger partial charge >= 0.3 is 0 Å². The predicted molar refractivity (Wildman–Crippen MR) is 99.6 cm³/mol. The first-order chi connectivity index (χ1) is 10.6. The van der Waals surface area contributed by atoms with Crippen molar-refractivity contribution in [2.45, 2.75) is 58.8 Å². The molecule has 0 radical (unpaired) electrons. The SMILES string of the molecule is COc1ccccc1C(C)(C)Cc1ccc(C(C)(C)C)c(C)c1. The third-order valence-electron chi connectivity index (χ3n) is 4.58. The van der Waals surface area contributed by atoms with Crippen LogP contribution in [0, 0.1) is 6.92 Å². The lowest BCUT2D eigenvalue weighted by Gasteiger charge is -2.28. The van der Waals surface area contributed by atoms with Crippen molar-refractivity contribution in [3.8, 4) is 5.75 Å². The molecule has 0 atom stereocenters. The highest BCUT2D eigenvalue weighted by Gasteiger charge is 2.25. The standard InChI is InChI=1S/C22H30O/c1-16-14-17(12-13-18(16)21(2,3)4)15-22(5,6)19-10-8-9-11-20(19)23-7/h8-14H,15H2,1-7H3. The lowest BCUT2D eigenvalue weighted by molar-refractivity contribution is 0.391. The summed E-state index contributed by atoms with van der Waals surface area (Å²) in [7, 11) is 1.75. The maximum absolute atomic E-state index is 5.56. The van der Waals surface area contributed by atoms with Crippen molar-refractivity contribution in [3.63, 3.8) is 0 Å². The summed E-state index contributed by atoms with van der Waals surface area (Å²) < 4.78 is 5.56. The van der Waals surface area contributed by atoms with Gasteiger partial charge in [0, 0.05) is 5.56 Å². The molecule has 2 rings (SSSR count). The van der Waals surface area contributed by atoms with Gasteiger partial charge in [0.25, 0.3) is 0 Å². The summed E-state index contributed by atoms with van der Waals surface area (Å²) in [4.78, 5) is 0. The van der Waals surface area contributed by atoms with Crippen LogP contribution >= 0.6 is 0 Å². The van der Waals surface area contributed by atoms with Gasteiger partial charge in [0.15, 0.2) is 0 Å². The summed E-state index contributed by atoms with van der Waals surface area (Å²) in [6.45, 7) is 13.6. The van der Waals surface area contributed by atoms with Crippen molar-refractivity contribution in [2.24, 2.45) is 0 Å². The largest absolute Gasteiger partial charge is 0.496 e. The van der Waals surface area contributed by atoms with E-state index in [1.807, 2.05) is 12.1 Å². The van der Waals surface area contributed by atoms with Gasteiger partial charge in [-0.05, 0) is 46.9 Å². The fourth-order valence-corrected chi connectivity index (χ4v) is 3.49. The Kier molecular flexibility index (Phi) is 4.89. The van der Waals surface area contributed by atoms with Gasteiger partial charge in [-0.2, -0.15) is 0 Å². The Labute approximate surface area is 141 Å². The van der Waals surface area contributed by atoms with Crippen molar-refractivity contribution < 1.29 is 4.74 Å². The molecule has 23 heavy (non-hydrogen) atoms. The molecule has 0 unspecified atom stereocenters. The van der Waals surface area contributed by atoms with Crippen LogP contribution in [0.1, 0.15) is 56.9 Å². The van der Waals surface area contributed by atoms with E-state index in [0.717, 1.165) is 12.2 Å². The number of hydrogen-bond acceptors (Lipinski definition) is 1. The zero-order valence-corrected chi connectivity index (χ0v) is 15.7. The van der Waals surface area contributed by atoms with E-state index in [9.17, 15) is 0 Å². The first-order valence-electron chi connectivity index (χ1n) is 8.38. The minimum absolute atomic E-state index is 0.0301. The Balaban J connectivity index is 2.32. The predicted octanol–water partition coefficient (Wildman–Crippen LogP) is 5.82. The Morgan fingerprint density at radius 1 is 0.870 bits per heavy atom. The molecule has 0 amide bonds. The summed E-state index contributed by atoms with van der Waals surface area (Å²) in [5.41, 5.74) is 5.68. The molecular weight excluding hydrogens is 280 g/mol. The van der Waals surface area contributed by atoms with E-state index in [1.54, 1.807) is 7.11 Å². The van der Waals surface area contributed by atoms with Gasteiger partial charge in [-0.3, -0.25) is 0 Å². The van der Waals surface area contributed by atoms with Crippen LogP contribution < -0.4 is 4.74 Å². The van der Waals surface area contributed by atoms with Crippen LogP contribution in [-0.2, 0) is 17.3 Å². The molecule has 1 nitrogen and oxygen atoms in total. The molecule has 0 aliphatic heterocycles. The molecular formula is C22H30O. The highest BCUT2D eigenvalue weighted by molar-refractivity contribution is 5.41. The second-order valence-electron chi connectivity index (χ2n) is 8.16. The molecule has 2 aromatic rings. The van der Waals surface area contributed by atoms with Crippen LogP contribution in [0.4, 0.5) is 0 Å². The van der Waals surface area contributed by atoms with Crippen LogP contribution in [-0.4, -0.2) is 7.11 Å². The maximum atomic E-state index is 5.56. The molecule has 0 aliphatic carbocycles. The van der Waals surface area contributed by atoms with Crippen LogP contribution in [0.25, 0.3) is 0 Å². The average Bonchev–Trinajstić information content (AvgIpc) is 2.45. The fourth-order valence-electron chi connectivity index (χ4n) is 3.49. The van der Waals surface area contributed by atoms with E-state index < -0.39 is 0 Å². The van der Waals surface area contributed by atoms with E-state index in [2.05, 4.69) is 71.9 Å². The van der Waals surface area contributed by atoms with Gasteiger partial charge in [-0.25, -0.2) is 0 Å². The minimum atomic E-state index is 0.0301. The van der Waals surface area contributed by atoms with Gasteiger partial charge in [-0.1, -0.05) is 71.0 Å². The Bertz CT molecular complexity index is 675. The summed E-state index contributed by atoms with van der Waals surface area (Å²) in [5, 5.41) is 0. The van der Waals surface area contributed by atoms with E-state index in [4.69, 9.17) is 4.74 Å². The van der Waals surface area contributed by atoms with Gasteiger partial charge in [-0.15, -0.1) is 0 Å². The third-order valence-corrected chi connectivity index (χ3v) is 4.58. The quantitative estimate of drug-likeness (QED) is 0.691. The Morgan fingerprint density at radius 2 is 1.52 bits per heavy atom. The van der Waals surface area contributed by atoms with E-state index in [0.29, 0.717) is 0 Å². The fraction of sp³-hybridized carbons (Fsp3) is 0.455. The summed E-state index contributed by atoms with van der Waals surface area (Å²) in [6.07, 6.45) is 0.999. The van der Waals surface area contributed by atoms with Crippen LogP contribution in [0.15, 0.2) is 42.5 Å². The first kappa shape index (κ1) is 17.6. The second-order valence-corrected chi connectivity index (χ2v) is 8.16. The molecule has 0 aliphatic rings. The minimum Gasteiger partial charge on any atom is -0.496 e. The van der Waals surface area contributed by atoms with Crippen LogP contribution in [0.2, 0.25) is 0 Å². The number of benzene rings is 2. The number of rotatable bonds is 4. The van der Waals surface area contributed by atoms with Crippen molar-refractivity contribution in [1.82, 2.24) is 0 Å². The van der Waals surface area contributed by atoms with E-state index >= 15 is 0 Å². The van der Waals surface area contributed by atoms with Crippen molar-refractivity contribution in [1.29, 1.82) is 0 Å². The van der Waals surface area contributed by atoms with Crippen molar-refractivity contribution >= 4 is 0 Å². The first-order valence-corrected chi connectivity index (χ1v) is 8.38. The van der Waals surface area contributed by atoms with Gasteiger partial charge in [0.05, 0.1) is 7.11 Å². The number of ether oxygens (including phenoxy) is 1. The number of hydrogen-bond donors (Lipinski definition) is 0. The molecule has 0 spiro atoms. The third kappa shape index (κ3) is 3.96. The molecule has 0 heterocycles. The highest BCUT2D eigenvalue weighted by Crippen LogP contribution is 2.35. The maximum Gasteiger partial charge on any atom is 0.122 e. The topological polar surface area (TPSA) is 9.23 Å². The summed E-state index contributed by atoms with van der Waals surface area (Å²) >= 11 is 0. The summed E-state index contributed by atoms with van der Waals surface area (Å²) in [6, 6.07) is 15.3. The number of methoxy groups -OCH3 is 1. The van der Waals surface area contributed by atoms with Crippen molar-refractivity contribution in [3.05, 3.63) is 64.7 Å². The van der Waals surface area contributed by atoms with E-state index in [-0.39, 0.29) is 10.8 Å². The van der Waals surface area contributed by atoms with Crippen LogP contribution in [0.3, 0.4) is 0 Å².